The molecular formula is C15H27NO4S. The van der Waals surface area contributed by atoms with E-state index in [-0.39, 0.29) is 17.2 Å². The van der Waals surface area contributed by atoms with Crippen molar-refractivity contribution < 1.29 is 17.9 Å². The first-order valence-corrected chi connectivity index (χ1v) is 9.74. The van der Waals surface area contributed by atoms with Gasteiger partial charge in [0, 0.05) is 32.4 Å². The molecule has 0 radical (unpaired) electrons. The van der Waals surface area contributed by atoms with Crippen molar-refractivity contribution in [2.45, 2.75) is 45.1 Å². The van der Waals surface area contributed by atoms with Crippen LogP contribution in [0.1, 0.15) is 39.0 Å². The predicted molar refractivity (Wildman–Crippen MR) is 80.6 cm³/mol. The summed E-state index contributed by atoms with van der Waals surface area (Å²) in [5, 5.41) is 0. The molecule has 2 heterocycles. The van der Waals surface area contributed by atoms with Crippen LogP contribution < -0.4 is 0 Å². The summed E-state index contributed by atoms with van der Waals surface area (Å²) in [6.45, 7) is 5.61. The second-order valence-electron chi connectivity index (χ2n) is 7.21. The topological polar surface area (TPSA) is 55.8 Å². The lowest BCUT2D eigenvalue weighted by Crippen LogP contribution is -2.44. The third kappa shape index (κ3) is 3.97. The van der Waals surface area contributed by atoms with Crippen LogP contribution in [0, 0.1) is 11.3 Å². The SMILES string of the molecule is CC1(CS(=O)(=O)N(CC2CCOC2)C2CC2)CCOCC1. The maximum Gasteiger partial charge on any atom is 0.214 e. The van der Waals surface area contributed by atoms with Crippen LogP contribution in [0.3, 0.4) is 0 Å². The van der Waals surface area contributed by atoms with E-state index in [9.17, 15) is 8.42 Å². The Morgan fingerprint density at radius 1 is 1.10 bits per heavy atom. The third-order valence-electron chi connectivity index (χ3n) is 5.00. The number of hydrogen-bond donors (Lipinski definition) is 0. The number of rotatable bonds is 6. The van der Waals surface area contributed by atoms with Crippen LogP contribution in [0.5, 0.6) is 0 Å². The van der Waals surface area contributed by atoms with Crippen LogP contribution in [0.2, 0.25) is 0 Å². The third-order valence-corrected chi connectivity index (χ3v) is 7.23. The first-order valence-electron chi connectivity index (χ1n) is 8.14. The predicted octanol–water partition coefficient (Wildman–Crippen LogP) is 1.63. The molecule has 3 rings (SSSR count). The highest BCUT2D eigenvalue weighted by molar-refractivity contribution is 7.89. The van der Waals surface area contributed by atoms with Crippen LogP contribution >= 0.6 is 0 Å². The molecule has 0 aromatic carbocycles. The van der Waals surface area contributed by atoms with Crippen LogP contribution in [-0.4, -0.2) is 57.5 Å². The summed E-state index contributed by atoms with van der Waals surface area (Å²) < 4.78 is 38.4. The molecule has 1 unspecified atom stereocenters. The Morgan fingerprint density at radius 2 is 1.81 bits per heavy atom. The Kier molecular flexibility index (Phi) is 4.60. The molecule has 0 amide bonds. The van der Waals surface area contributed by atoms with E-state index in [1.54, 1.807) is 4.31 Å². The van der Waals surface area contributed by atoms with Crippen LogP contribution in [0.25, 0.3) is 0 Å². The molecule has 0 aromatic rings. The highest BCUT2D eigenvalue weighted by Gasteiger charge is 2.42. The molecule has 0 bridgehead atoms. The van der Waals surface area contributed by atoms with E-state index >= 15 is 0 Å². The van der Waals surface area contributed by atoms with Gasteiger partial charge >= 0.3 is 0 Å². The fraction of sp³-hybridized carbons (Fsp3) is 1.00. The summed E-state index contributed by atoms with van der Waals surface area (Å²) in [7, 11) is -3.18. The summed E-state index contributed by atoms with van der Waals surface area (Å²) in [6, 6.07) is 0.249. The number of ether oxygens (including phenoxy) is 2. The van der Waals surface area contributed by atoms with Gasteiger partial charge in [0.1, 0.15) is 0 Å². The minimum atomic E-state index is -3.18. The summed E-state index contributed by atoms with van der Waals surface area (Å²) in [4.78, 5) is 0. The van der Waals surface area contributed by atoms with Crippen molar-refractivity contribution in [2.75, 3.05) is 38.7 Å². The molecule has 0 spiro atoms. The van der Waals surface area contributed by atoms with E-state index < -0.39 is 10.0 Å². The van der Waals surface area contributed by atoms with Crippen molar-refractivity contribution in [3.05, 3.63) is 0 Å². The Morgan fingerprint density at radius 3 is 2.38 bits per heavy atom. The van der Waals surface area contributed by atoms with E-state index in [2.05, 4.69) is 6.92 Å². The van der Waals surface area contributed by atoms with Crippen LogP contribution in [-0.2, 0) is 19.5 Å². The molecule has 6 heteroatoms. The zero-order valence-electron chi connectivity index (χ0n) is 12.9. The summed E-state index contributed by atoms with van der Waals surface area (Å²) in [6.07, 6.45) is 4.72. The monoisotopic (exact) mass is 317 g/mol. The Bertz CT molecular complexity index is 448. The molecule has 21 heavy (non-hydrogen) atoms. The molecule has 3 fully saturated rings. The van der Waals surface area contributed by atoms with Crippen LogP contribution in [0.15, 0.2) is 0 Å². The normalized spacial score (nSPS) is 29.9. The van der Waals surface area contributed by atoms with Crippen molar-refractivity contribution in [2.24, 2.45) is 11.3 Å². The lowest BCUT2D eigenvalue weighted by atomic mass is 9.85. The lowest BCUT2D eigenvalue weighted by molar-refractivity contribution is 0.0336. The first-order chi connectivity index (χ1) is 9.99. The van der Waals surface area contributed by atoms with E-state index in [1.165, 1.54) is 0 Å². The van der Waals surface area contributed by atoms with Gasteiger partial charge in [0.25, 0.3) is 0 Å². The van der Waals surface area contributed by atoms with Crippen molar-refractivity contribution in [1.82, 2.24) is 4.31 Å². The van der Waals surface area contributed by atoms with Gasteiger partial charge in [-0.25, -0.2) is 8.42 Å². The standard InChI is InChI=1S/C15H27NO4S/c1-15(5-8-19-9-6-15)12-21(17,18)16(14-2-3-14)10-13-4-7-20-11-13/h13-14H,2-12H2,1H3. The average molecular weight is 317 g/mol. The fourth-order valence-electron chi connectivity index (χ4n) is 3.37. The zero-order valence-corrected chi connectivity index (χ0v) is 13.7. The van der Waals surface area contributed by atoms with Crippen molar-refractivity contribution in [3.63, 3.8) is 0 Å². The van der Waals surface area contributed by atoms with Gasteiger partial charge in [0.2, 0.25) is 10.0 Å². The van der Waals surface area contributed by atoms with Gasteiger partial charge in [0.15, 0.2) is 0 Å². The van der Waals surface area contributed by atoms with Crippen LogP contribution in [0.4, 0.5) is 0 Å². The Hall–Kier alpha value is -0.170. The first kappa shape index (κ1) is 15.7. The Labute approximate surface area is 128 Å². The number of sulfonamides is 1. The molecule has 2 aliphatic heterocycles. The Balaban J connectivity index is 1.67. The second-order valence-corrected chi connectivity index (χ2v) is 9.13. The minimum absolute atomic E-state index is 0.129. The van der Waals surface area contributed by atoms with E-state index in [4.69, 9.17) is 9.47 Å². The van der Waals surface area contributed by atoms with E-state index in [0.717, 1.165) is 38.7 Å². The van der Waals surface area contributed by atoms with E-state index in [0.29, 0.717) is 32.3 Å². The molecule has 122 valence electrons. The zero-order chi connectivity index (χ0) is 14.9. The minimum Gasteiger partial charge on any atom is -0.381 e. The maximum atomic E-state index is 12.9. The molecule has 1 aliphatic carbocycles. The molecule has 0 N–H and O–H groups in total. The molecule has 5 nitrogen and oxygen atoms in total. The quantitative estimate of drug-likeness (QED) is 0.747. The largest absolute Gasteiger partial charge is 0.381 e. The molecule has 1 atom stereocenters. The van der Waals surface area contributed by atoms with Crippen molar-refractivity contribution >= 4 is 10.0 Å². The molecule has 2 saturated heterocycles. The van der Waals surface area contributed by atoms with Gasteiger partial charge < -0.3 is 9.47 Å². The highest BCUT2D eigenvalue weighted by atomic mass is 32.2. The van der Waals surface area contributed by atoms with Crippen molar-refractivity contribution in [3.8, 4) is 0 Å². The van der Waals surface area contributed by atoms with Gasteiger partial charge in [0.05, 0.1) is 12.4 Å². The lowest BCUT2D eigenvalue weighted by Gasteiger charge is -2.35. The van der Waals surface area contributed by atoms with Gasteiger partial charge in [-0.3, -0.25) is 0 Å². The highest BCUT2D eigenvalue weighted by Crippen LogP contribution is 2.36. The van der Waals surface area contributed by atoms with Gasteiger partial charge in [-0.05, 0) is 43.4 Å². The smallest absolute Gasteiger partial charge is 0.214 e. The molecule has 1 saturated carbocycles. The van der Waals surface area contributed by atoms with E-state index in [1.807, 2.05) is 0 Å². The van der Waals surface area contributed by atoms with Gasteiger partial charge in [-0.2, -0.15) is 4.31 Å². The van der Waals surface area contributed by atoms with Gasteiger partial charge in [-0.1, -0.05) is 6.92 Å². The molecule has 3 aliphatic rings. The number of nitrogens with zero attached hydrogens (tertiary/aromatic N) is 1. The molecule has 0 aromatic heterocycles. The summed E-state index contributed by atoms with van der Waals surface area (Å²) >= 11 is 0. The second kappa shape index (κ2) is 6.14. The van der Waals surface area contributed by atoms with Crippen molar-refractivity contribution in [1.29, 1.82) is 0 Å². The molecular weight excluding hydrogens is 290 g/mol. The number of hydrogen-bond acceptors (Lipinski definition) is 4. The van der Waals surface area contributed by atoms with Gasteiger partial charge in [-0.15, -0.1) is 0 Å². The fourth-order valence-corrected chi connectivity index (χ4v) is 5.80. The maximum absolute atomic E-state index is 12.9. The summed E-state index contributed by atoms with van der Waals surface area (Å²) in [5.74, 6) is 0.649. The summed E-state index contributed by atoms with van der Waals surface area (Å²) in [5.41, 5.74) is -0.129. The average Bonchev–Trinajstić information content (AvgIpc) is 3.11.